The molecule has 2 fully saturated rings. The first-order valence-electron chi connectivity index (χ1n) is 4.80. The Labute approximate surface area is 78.0 Å². The number of hydrogen-bond donors (Lipinski definition) is 2. The Balaban J connectivity index is 2.20. The van der Waals surface area contributed by atoms with Gasteiger partial charge in [-0.1, -0.05) is 0 Å². The number of rotatable bonds is 1. The van der Waals surface area contributed by atoms with Crippen LogP contribution in [0, 0.1) is 11.3 Å². The van der Waals surface area contributed by atoms with Gasteiger partial charge in [0, 0.05) is 32.7 Å². The zero-order valence-electron chi connectivity index (χ0n) is 7.93. The van der Waals surface area contributed by atoms with Crippen molar-refractivity contribution in [2.75, 3.05) is 33.4 Å². The molecule has 0 unspecified atom stereocenters. The van der Waals surface area contributed by atoms with Crippen LogP contribution in [0.25, 0.3) is 0 Å². The summed E-state index contributed by atoms with van der Waals surface area (Å²) in [5.41, 5.74) is -0.187. The van der Waals surface area contributed by atoms with E-state index in [-0.39, 0.29) is 11.3 Å². The first kappa shape index (κ1) is 8.97. The molecule has 2 N–H and O–H groups in total. The predicted octanol–water partition coefficient (Wildman–Crippen LogP) is -0.641. The highest BCUT2D eigenvalue weighted by atomic mass is 16.5. The minimum absolute atomic E-state index is 0.172. The molecule has 2 saturated heterocycles. The Morgan fingerprint density at radius 2 is 2.54 bits per heavy atom. The molecule has 13 heavy (non-hydrogen) atoms. The number of carbonyl (C=O) groups excluding carboxylic acids is 1. The van der Waals surface area contributed by atoms with Gasteiger partial charge in [0.15, 0.2) is 0 Å². The van der Waals surface area contributed by atoms with Gasteiger partial charge < -0.3 is 15.4 Å². The van der Waals surface area contributed by atoms with E-state index in [1.807, 2.05) is 0 Å². The second-order valence-corrected chi connectivity index (χ2v) is 3.89. The van der Waals surface area contributed by atoms with Crippen molar-refractivity contribution in [3.05, 3.63) is 0 Å². The molecule has 2 aliphatic rings. The summed E-state index contributed by atoms with van der Waals surface area (Å²) in [7, 11) is 1.71. The largest absolute Gasteiger partial charge is 0.381 e. The van der Waals surface area contributed by atoms with Crippen molar-refractivity contribution in [2.24, 2.45) is 11.3 Å². The van der Waals surface area contributed by atoms with Crippen LogP contribution < -0.4 is 10.6 Å². The summed E-state index contributed by atoms with van der Waals surface area (Å²) in [6.07, 6.45) is 0.852. The van der Waals surface area contributed by atoms with Crippen LogP contribution >= 0.6 is 0 Å². The van der Waals surface area contributed by atoms with Crippen molar-refractivity contribution < 1.29 is 9.53 Å². The molecule has 0 radical (unpaired) electrons. The van der Waals surface area contributed by atoms with Crippen molar-refractivity contribution in [1.82, 2.24) is 10.6 Å². The molecular weight excluding hydrogens is 168 g/mol. The van der Waals surface area contributed by atoms with Gasteiger partial charge in [0.2, 0.25) is 5.91 Å². The second kappa shape index (κ2) is 3.27. The molecule has 0 spiro atoms. The lowest BCUT2D eigenvalue weighted by atomic mass is 9.74. The Hall–Kier alpha value is -0.610. The molecular formula is C9H16N2O2. The fourth-order valence-corrected chi connectivity index (χ4v) is 2.43. The molecule has 0 aromatic rings. The molecule has 74 valence electrons. The number of amides is 1. The molecule has 2 rings (SSSR count). The molecule has 0 bridgehead atoms. The molecule has 1 amide bonds. The molecule has 0 aromatic heterocycles. The summed E-state index contributed by atoms with van der Waals surface area (Å²) in [6.45, 7) is 3.15. The lowest BCUT2D eigenvalue weighted by Crippen LogP contribution is -2.49. The van der Waals surface area contributed by atoms with Crippen LogP contribution in [0.15, 0.2) is 0 Å². The lowest BCUT2D eigenvalue weighted by Gasteiger charge is -2.36. The first-order valence-corrected chi connectivity index (χ1v) is 4.80. The monoisotopic (exact) mass is 184 g/mol. The average Bonchev–Trinajstić information content (AvgIpc) is 2.61. The normalized spacial score (nSPS) is 38.4. The van der Waals surface area contributed by atoms with Crippen molar-refractivity contribution in [3.63, 3.8) is 0 Å². The van der Waals surface area contributed by atoms with E-state index in [1.165, 1.54) is 0 Å². The Kier molecular flexibility index (Phi) is 2.26. The Morgan fingerprint density at radius 3 is 3.31 bits per heavy atom. The third-order valence-corrected chi connectivity index (χ3v) is 3.30. The number of hydrogen-bond acceptors (Lipinski definition) is 3. The molecule has 0 aliphatic carbocycles. The number of nitrogens with one attached hydrogen (secondary N) is 2. The van der Waals surface area contributed by atoms with Crippen LogP contribution in [0.1, 0.15) is 6.42 Å². The average molecular weight is 184 g/mol. The summed E-state index contributed by atoms with van der Waals surface area (Å²) in [6, 6.07) is 0. The van der Waals surface area contributed by atoms with Crippen molar-refractivity contribution >= 4 is 5.91 Å². The first-order chi connectivity index (χ1) is 6.29. The Bertz CT molecular complexity index is 220. The smallest absolute Gasteiger partial charge is 0.227 e. The Morgan fingerprint density at radius 1 is 1.69 bits per heavy atom. The standard InChI is InChI=1S/C9H16N2O2/c1-10-8(12)9-2-3-13-5-7(9)4-11-6-9/h7,11H,2-6H2,1H3,(H,10,12)/t7-,9+/m0/s1. The minimum Gasteiger partial charge on any atom is -0.381 e. The highest BCUT2D eigenvalue weighted by molar-refractivity contribution is 5.83. The summed E-state index contributed by atoms with van der Waals surface area (Å²) in [5.74, 6) is 0.534. The summed E-state index contributed by atoms with van der Waals surface area (Å²) in [5, 5.41) is 6.04. The van der Waals surface area contributed by atoms with E-state index in [2.05, 4.69) is 10.6 Å². The number of carbonyl (C=O) groups is 1. The molecule has 4 heteroatoms. The van der Waals surface area contributed by atoms with Crippen LogP contribution in [0.2, 0.25) is 0 Å². The van der Waals surface area contributed by atoms with Crippen LogP contribution in [0.5, 0.6) is 0 Å². The van der Waals surface area contributed by atoms with E-state index in [4.69, 9.17) is 4.74 Å². The van der Waals surface area contributed by atoms with Crippen LogP contribution in [0.3, 0.4) is 0 Å². The highest BCUT2D eigenvalue weighted by Gasteiger charge is 2.50. The number of fused-ring (bicyclic) bond motifs is 1. The maximum Gasteiger partial charge on any atom is 0.227 e. The molecule has 2 heterocycles. The molecule has 2 atom stereocenters. The molecule has 2 aliphatic heterocycles. The predicted molar refractivity (Wildman–Crippen MR) is 48.3 cm³/mol. The van der Waals surface area contributed by atoms with Gasteiger partial charge in [-0.3, -0.25) is 4.79 Å². The second-order valence-electron chi connectivity index (χ2n) is 3.89. The summed E-state index contributed by atoms with van der Waals surface area (Å²) < 4.78 is 5.38. The third-order valence-electron chi connectivity index (χ3n) is 3.30. The quantitative estimate of drug-likeness (QED) is 0.570. The van der Waals surface area contributed by atoms with E-state index in [0.717, 1.165) is 26.1 Å². The topological polar surface area (TPSA) is 50.4 Å². The van der Waals surface area contributed by atoms with E-state index >= 15 is 0 Å². The highest BCUT2D eigenvalue weighted by Crippen LogP contribution is 2.38. The van der Waals surface area contributed by atoms with Gasteiger partial charge in [-0.25, -0.2) is 0 Å². The van der Waals surface area contributed by atoms with Gasteiger partial charge in [-0.2, -0.15) is 0 Å². The number of ether oxygens (including phenoxy) is 1. The van der Waals surface area contributed by atoms with Gasteiger partial charge in [-0.15, -0.1) is 0 Å². The van der Waals surface area contributed by atoms with Crippen molar-refractivity contribution in [2.45, 2.75) is 6.42 Å². The minimum atomic E-state index is -0.187. The maximum absolute atomic E-state index is 11.8. The maximum atomic E-state index is 11.8. The van der Waals surface area contributed by atoms with E-state index in [0.29, 0.717) is 12.5 Å². The fourth-order valence-electron chi connectivity index (χ4n) is 2.43. The van der Waals surface area contributed by atoms with E-state index in [9.17, 15) is 4.79 Å². The van der Waals surface area contributed by atoms with Crippen LogP contribution in [-0.4, -0.2) is 39.3 Å². The van der Waals surface area contributed by atoms with Gasteiger partial charge in [0.1, 0.15) is 0 Å². The van der Waals surface area contributed by atoms with Crippen LogP contribution in [-0.2, 0) is 9.53 Å². The van der Waals surface area contributed by atoms with Gasteiger partial charge in [-0.05, 0) is 6.42 Å². The summed E-state index contributed by atoms with van der Waals surface area (Å²) >= 11 is 0. The van der Waals surface area contributed by atoms with E-state index in [1.54, 1.807) is 7.05 Å². The third kappa shape index (κ3) is 1.25. The van der Waals surface area contributed by atoms with Gasteiger partial charge in [0.25, 0.3) is 0 Å². The fraction of sp³-hybridized carbons (Fsp3) is 0.889. The van der Waals surface area contributed by atoms with Gasteiger partial charge >= 0.3 is 0 Å². The van der Waals surface area contributed by atoms with E-state index < -0.39 is 0 Å². The molecule has 0 saturated carbocycles. The molecule has 0 aromatic carbocycles. The zero-order valence-corrected chi connectivity index (χ0v) is 7.93. The molecule has 4 nitrogen and oxygen atoms in total. The van der Waals surface area contributed by atoms with Gasteiger partial charge in [0.05, 0.1) is 12.0 Å². The SMILES string of the molecule is CNC(=O)[C@@]12CCOC[C@@H]1CNC2. The van der Waals surface area contributed by atoms with Crippen LogP contribution in [0.4, 0.5) is 0 Å². The lowest BCUT2D eigenvalue weighted by molar-refractivity contribution is -0.138. The van der Waals surface area contributed by atoms with Crippen molar-refractivity contribution in [3.8, 4) is 0 Å². The summed E-state index contributed by atoms with van der Waals surface area (Å²) in [4.78, 5) is 11.8. The van der Waals surface area contributed by atoms with Crippen molar-refractivity contribution in [1.29, 1.82) is 0 Å². The zero-order chi connectivity index (χ0) is 9.31.